The van der Waals surface area contributed by atoms with E-state index in [-0.39, 0.29) is 22.8 Å². The van der Waals surface area contributed by atoms with Gasteiger partial charge in [-0.05, 0) is 41.5 Å². The minimum Gasteiger partial charge on any atom is -0.504 e. The van der Waals surface area contributed by atoms with Crippen LogP contribution in [0.5, 0.6) is 28.7 Å². The molecule has 7 nitrogen and oxygen atoms in total. The van der Waals surface area contributed by atoms with Gasteiger partial charge in [0.25, 0.3) is 0 Å². The molecule has 0 atom stereocenters. The molecule has 3 aromatic rings. The second-order valence-electron chi connectivity index (χ2n) is 6.62. The van der Waals surface area contributed by atoms with Crippen molar-refractivity contribution in [3.05, 3.63) is 54.6 Å². The molecular weight excluding hydrogens is 400 g/mol. The lowest BCUT2D eigenvalue weighted by Crippen LogP contribution is -2.07. The van der Waals surface area contributed by atoms with Gasteiger partial charge in [-0.3, -0.25) is 9.59 Å². The maximum atomic E-state index is 11.8. The van der Waals surface area contributed by atoms with Gasteiger partial charge in [-0.2, -0.15) is 0 Å². The van der Waals surface area contributed by atoms with Gasteiger partial charge in [0.1, 0.15) is 17.2 Å². The lowest BCUT2D eigenvalue weighted by Gasteiger charge is -2.19. The van der Waals surface area contributed by atoms with Crippen molar-refractivity contribution in [3.63, 3.8) is 0 Å². The molecule has 0 aromatic heterocycles. The average Bonchev–Trinajstić information content (AvgIpc) is 2.75. The number of methoxy groups -OCH3 is 2. The van der Waals surface area contributed by atoms with E-state index in [0.717, 1.165) is 0 Å². The van der Waals surface area contributed by atoms with Gasteiger partial charge >= 0.3 is 11.9 Å². The topological polar surface area (TPSA) is 91.3 Å². The highest BCUT2D eigenvalue weighted by atomic mass is 16.5. The Morgan fingerprint density at radius 1 is 0.742 bits per heavy atom. The minimum absolute atomic E-state index is 0.109. The maximum Gasteiger partial charge on any atom is 0.308 e. The lowest BCUT2D eigenvalue weighted by molar-refractivity contribution is -0.132. The van der Waals surface area contributed by atoms with Crippen LogP contribution in [0.3, 0.4) is 0 Å². The molecule has 0 spiro atoms. The van der Waals surface area contributed by atoms with E-state index in [2.05, 4.69) is 0 Å². The van der Waals surface area contributed by atoms with E-state index in [1.165, 1.54) is 19.9 Å². The Morgan fingerprint density at radius 3 is 1.68 bits per heavy atom. The van der Waals surface area contributed by atoms with Crippen LogP contribution in [-0.4, -0.2) is 31.3 Å². The van der Waals surface area contributed by atoms with E-state index < -0.39 is 11.9 Å². The number of phenols is 1. The van der Waals surface area contributed by atoms with E-state index in [1.54, 1.807) is 62.8 Å². The Morgan fingerprint density at radius 2 is 1.23 bits per heavy atom. The summed E-state index contributed by atoms with van der Waals surface area (Å²) >= 11 is 0. The van der Waals surface area contributed by atoms with Crippen molar-refractivity contribution in [2.45, 2.75) is 13.8 Å². The first-order valence-electron chi connectivity index (χ1n) is 9.39. The molecule has 0 saturated carbocycles. The van der Waals surface area contributed by atoms with E-state index >= 15 is 0 Å². The summed E-state index contributed by atoms with van der Waals surface area (Å²) < 4.78 is 21.2. The van der Waals surface area contributed by atoms with Crippen molar-refractivity contribution in [2.75, 3.05) is 14.2 Å². The highest BCUT2D eigenvalue weighted by Crippen LogP contribution is 2.50. The van der Waals surface area contributed by atoms with Crippen LogP contribution in [0.15, 0.2) is 54.6 Å². The third-order valence-corrected chi connectivity index (χ3v) is 4.50. The molecule has 0 unspecified atom stereocenters. The van der Waals surface area contributed by atoms with Gasteiger partial charge in [0.2, 0.25) is 0 Å². The van der Waals surface area contributed by atoms with Crippen LogP contribution in [-0.2, 0) is 9.59 Å². The van der Waals surface area contributed by atoms with E-state index in [1.807, 2.05) is 0 Å². The van der Waals surface area contributed by atoms with Gasteiger partial charge in [-0.25, -0.2) is 0 Å². The molecular formula is C24H22O7. The monoisotopic (exact) mass is 422 g/mol. The highest BCUT2D eigenvalue weighted by Gasteiger charge is 2.25. The summed E-state index contributed by atoms with van der Waals surface area (Å²) in [5, 5.41) is 11.0. The van der Waals surface area contributed by atoms with Crippen molar-refractivity contribution in [1.29, 1.82) is 0 Å². The number of phenolic OH excluding ortho intramolecular Hbond substituents is 1. The van der Waals surface area contributed by atoms with Crippen molar-refractivity contribution in [2.24, 2.45) is 0 Å². The largest absolute Gasteiger partial charge is 0.504 e. The SMILES string of the molecule is COc1ccc(-c2cc(OC(C)=O)c(-c3ccc(OC)cc3)c(OC(C)=O)c2O)cc1. The maximum absolute atomic E-state index is 11.8. The summed E-state index contributed by atoms with van der Waals surface area (Å²) in [5.41, 5.74) is 1.77. The standard InChI is InChI=1S/C24H22O7/c1-14(25)30-21-13-20(16-5-9-18(28-3)10-6-16)23(27)24(31-15(2)26)22(21)17-7-11-19(29-4)12-8-17/h5-13,27H,1-4H3. The van der Waals surface area contributed by atoms with E-state index in [0.29, 0.717) is 28.2 Å². The molecule has 0 radical (unpaired) electrons. The molecule has 31 heavy (non-hydrogen) atoms. The van der Waals surface area contributed by atoms with Crippen LogP contribution in [0, 0.1) is 0 Å². The fraction of sp³-hybridized carbons (Fsp3) is 0.167. The number of carbonyl (C=O) groups excluding carboxylic acids is 2. The predicted octanol–water partition coefficient (Wildman–Crippen LogP) is 4.59. The Hall–Kier alpha value is -4.00. The zero-order valence-electron chi connectivity index (χ0n) is 17.6. The molecule has 3 aromatic carbocycles. The fourth-order valence-electron chi connectivity index (χ4n) is 3.12. The zero-order chi connectivity index (χ0) is 22.5. The summed E-state index contributed by atoms with van der Waals surface area (Å²) in [5.74, 6) is -0.174. The van der Waals surface area contributed by atoms with Crippen molar-refractivity contribution in [1.82, 2.24) is 0 Å². The first kappa shape index (κ1) is 21.7. The van der Waals surface area contributed by atoms with Crippen LogP contribution >= 0.6 is 0 Å². The molecule has 0 saturated heterocycles. The Labute approximate surface area is 179 Å². The third kappa shape index (κ3) is 4.78. The predicted molar refractivity (Wildman–Crippen MR) is 115 cm³/mol. The second kappa shape index (κ2) is 9.21. The smallest absolute Gasteiger partial charge is 0.308 e. The number of ether oxygens (including phenoxy) is 4. The molecule has 0 aliphatic rings. The van der Waals surface area contributed by atoms with Gasteiger partial charge in [0.15, 0.2) is 11.5 Å². The van der Waals surface area contributed by atoms with Crippen LogP contribution in [0.2, 0.25) is 0 Å². The van der Waals surface area contributed by atoms with Crippen LogP contribution in [0.25, 0.3) is 22.3 Å². The van der Waals surface area contributed by atoms with Crippen LogP contribution in [0.1, 0.15) is 13.8 Å². The Balaban J connectivity index is 2.29. The number of esters is 2. The molecule has 0 amide bonds. The molecule has 0 aliphatic carbocycles. The van der Waals surface area contributed by atoms with Gasteiger partial charge < -0.3 is 24.1 Å². The summed E-state index contributed by atoms with van der Waals surface area (Å²) in [6.07, 6.45) is 0. The highest BCUT2D eigenvalue weighted by molar-refractivity contribution is 5.91. The second-order valence-corrected chi connectivity index (χ2v) is 6.62. The summed E-state index contributed by atoms with van der Waals surface area (Å²) in [6.45, 7) is 2.49. The van der Waals surface area contributed by atoms with E-state index in [9.17, 15) is 14.7 Å². The van der Waals surface area contributed by atoms with Gasteiger partial charge in [0.05, 0.1) is 19.8 Å². The van der Waals surface area contributed by atoms with Gasteiger partial charge in [0, 0.05) is 19.4 Å². The Bertz CT molecular complexity index is 1100. The molecule has 0 fully saturated rings. The van der Waals surface area contributed by atoms with E-state index in [4.69, 9.17) is 18.9 Å². The summed E-state index contributed by atoms with van der Waals surface area (Å²) in [6, 6.07) is 15.3. The first-order chi connectivity index (χ1) is 14.8. The van der Waals surface area contributed by atoms with Crippen molar-refractivity contribution >= 4 is 11.9 Å². The fourth-order valence-corrected chi connectivity index (χ4v) is 3.12. The first-order valence-corrected chi connectivity index (χ1v) is 9.39. The number of aromatic hydroxyl groups is 1. The van der Waals surface area contributed by atoms with Crippen LogP contribution in [0.4, 0.5) is 0 Å². The number of carbonyl (C=O) groups is 2. The average molecular weight is 422 g/mol. The van der Waals surface area contributed by atoms with Gasteiger partial charge in [-0.1, -0.05) is 24.3 Å². The van der Waals surface area contributed by atoms with Crippen LogP contribution < -0.4 is 18.9 Å². The van der Waals surface area contributed by atoms with Crippen molar-refractivity contribution in [3.8, 4) is 51.0 Å². The molecule has 0 heterocycles. The summed E-state index contributed by atoms with van der Waals surface area (Å²) in [4.78, 5) is 23.7. The minimum atomic E-state index is -0.634. The number of benzene rings is 3. The lowest BCUT2D eigenvalue weighted by atomic mass is 9.96. The molecule has 3 rings (SSSR count). The quantitative estimate of drug-likeness (QED) is 0.459. The molecule has 7 heteroatoms. The molecule has 1 N–H and O–H groups in total. The summed E-state index contributed by atoms with van der Waals surface area (Å²) in [7, 11) is 3.09. The normalized spacial score (nSPS) is 10.3. The third-order valence-electron chi connectivity index (χ3n) is 4.50. The molecule has 0 bridgehead atoms. The molecule has 0 aliphatic heterocycles. The number of hydrogen-bond donors (Lipinski definition) is 1. The number of hydrogen-bond acceptors (Lipinski definition) is 7. The molecule has 160 valence electrons. The number of rotatable bonds is 6. The Kier molecular flexibility index (Phi) is 6.45. The van der Waals surface area contributed by atoms with Crippen molar-refractivity contribution < 1.29 is 33.6 Å². The van der Waals surface area contributed by atoms with Gasteiger partial charge in [-0.15, -0.1) is 0 Å². The zero-order valence-corrected chi connectivity index (χ0v) is 17.6.